The zero-order valence-electron chi connectivity index (χ0n) is 12.2. The molecule has 2 heterocycles. The SMILES string of the molecule is CC1CN(C(=O)c2ncccc2C#CCCO)CCCO1. The zero-order chi connectivity index (χ0) is 15.1. The summed E-state index contributed by atoms with van der Waals surface area (Å²) in [6.07, 6.45) is 2.84. The minimum atomic E-state index is -0.110. The molecule has 0 aliphatic carbocycles. The van der Waals surface area contributed by atoms with Crippen LogP contribution >= 0.6 is 0 Å². The number of rotatable bonds is 2. The van der Waals surface area contributed by atoms with Crippen molar-refractivity contribution in [3.8, 4) is 11.8 Å². The zero-order valence-corrected chi connectivity index (χ0v) is 12.2. The van der Waals surface area contributed by atoms with Gasteiger partial charge in [-0.3, -0.25) is 4.79 Å². The molecule has 0 aromatic carbocycles. The van der Waals surface area contributed by atoms with Crippen molar-refractivity contribution in [3.63, 3.8) is 0 Å². The summed E-state index contributed by atoms with van der Waals surface area (Å²) < 4.78 is 5.56. The topological polar surface area (TPSA) is 62.7 Å². The molecule has 0 spiro atoms. The Balaban J connectivity index is 2.20. The molecule has 1 aliphatic heterocycles. The van der Waals surface area contributed by atoms with E-state index >= 15 is 0 Å². The van der Waals surface area contributed by atoms with E-state index in [4.69, 9.17) is 9.84 Å². The normalized spacial score (nSPS) is 18.6. The Morgan fingerprint density at radius 2 is 2.48 bits per heavy atom. The third-order valence-electron chi connectivity index (χ3n) is 3.21. The highest BCUT2D eigenvalue weighted by Gasteiger charge is 2.23. The van der Waals surface area contributed by atoms with Crippen molar-refractivity contribution in [2.24, 2.45) is 0 Å². The summed E-state index contributed by atoms with van der Waals surface area (Å²) in [6.45, 7) is 3.89. The van der Waals surface area contributed by atoms with Crippen LogP contribution in [-0.4, -0.2) is 53.3 Å². The number of aliphatic hydroxyl groups is 1. The van der Waals surface area contributed by atoms with Crippen LogP contribution < -0.4 is 0 Å². The van der Waals surface area contributed by atoms with E-state index in [1.807, 2.05) is 6.92 Å². The van der Waals surface area contributed by atoms with Gasteiger partial charge < -0.3 is 14.7 Å². The summed E-state index contributed by atoms with van der Waals surface area (Å²) in [5.41, 5.74) is 0.978. The Bertz CT molecular complexity index is 548. The lowest BCUT2D eigenvalue weighted by atomic mass is 10.1. The molecule has 1 aliphatic rings. The van der Waals surface area contributed by atoms with E-state index in [1.165, 1.54) is 0 Å². The van der Waals surface area contributed by atoms with Gasteiger partial charge in [0, 0.05) is 32.3 Å². The highest BCUT2D eigenvalue weighted by Crippen LogP contribution is 2.12. The molecule has 5 nitrogen and oxygen atoms in total. The molecule has 0 radical (unpaired) electrons. The van der Waals surface area contributed by atoms with Crippen LogP contribution in [0, 0.1) is 11.8 Å². The van der Waals surface area contributed by atoms with Crippen LogP contribution in [0.25, 0.3) is 0 Å². The number of carbonyl (C=O) groups excluding carboxylic acids is 1. The van der Waals surface area contributed by atoms with Gasteiger partial charge in [0.2, 0.25) is 0 Å². The minimum absolute atomic E-state index is 0.0114. The van der Waals surface area contributed by atoms with Crippen LogP contribution in [-0.2, 0) is 4.74 Å². The van der Waals surface area contributed by atoms with E-state index in [0.717, 1.165) is 6.42 Å². The molecule has 5 heteroatoms. The quantitative estimate of drug-likeness (QED) is 0.827. The van der Waals surface area contributed by atoms with Crippen LogP contribution in [0.15, 0.2) is 18.3 Å². The number of aromatic nitrogens is 1. The molecule has 1 aromatic rings. The maximum absolute atomic E-state index is 12.6. The van der Waals surface area contributed by atoms with Crippen LogP contribution in [0.5, 0.6) is 0 Å². The predicted molar refractivity (Wildman–Crippen MR) is 78.8 cm³/mol. The average Bonchev–Trinajstić information content (AvgIpc) is 2.72. The third kappa shape index (κ3) is 4.28. The highest BCUT2D eigenvalue weighted by atomic mass is 16.5. The fraction of sp³-hybridized carbons (Fsp3) is 0.500. The number of aliphatic hydroxyl groups excluding tert-OH is 1. The number of ether oxygens (including phenoxy) is 1. The fourth-order valence-corrected chi connectivity index (χ4v) is 2.22. The van der Waals surface area contributed by atoms with Gasteiger partial charge in [0.05, 0.1) is 18.3 Å². The molecular formula is C16H20N2O3. The van der Waals surface area contributed by atoms with E-state index in [0.29, 0.717) is 37.4 Å². The Morgan fingerprint density at radius 3 is 3.29 bits per heavy atom. The van der Waals surface area contributed by atoms with Gasteiger partial charge in [-0.2, -0.15) is 0 Å². The Labute approximate surface area is 124 Å². The fourth-order valence-electron chi connectivity index (χ4n) is 2.22. The van der Waals surface area contributed by atoms with Crippen molar-refractivity contribution in [2.75, 3.05) is 26.3 Å². The summed E-state index contributed by atoms with van der Waals surface area (Å²) in [4.78, 5) is 18.6. The highest BCUT2D eigenvalue weighted by molar-refractivity contribution is 5.94. The van der Waals surface area contributed by atoms with Gasteiger partial charge in [-0.25, -0.2) is 4.98 Å². The maximum Gasteiger partial charge on any atom is 0.273 e. The first-order valence-electron chi connectivity index (χ1n) is 7.18. The predicted octanol–water partition coefficient (Wildman–Crippen LogP) is 1.07. The molecule has 2 rings (SSSR count). The first-order valence-corrected chi connectivity index (χ1v) is 7.18. The van der Waals surface area contributed by atoms with Crippen molar-refractivity contribution in [1.82, 2.24) is 9.88 Å². The lowest BCUT2D eigenvalue weighted by Gasteiger charge is -2.22. The summed E-state index contributed by atoms with van der Waals surface area (Å²) in [7, 11) is 0. The van der Waals surface area contributed by atoms with Crippen molar-refractivity contribution in [2.45, 2.75) is 25.9 Å². The van der Waals surface area contributed by atoms with Gasteiger partial charge in [0.15, 0.2) is 0 Å². The molecule has 1 aromatic heterocycles. The van der Waals surface area contributed by atoms with Crippen LogP contribution in [0.3, 0.4) is 0 Å². The van der Waals surface area contributed by atoms with E-state index in [2.05, 4.69) is 16.8 Å². The van der Waals surface area contributed by atoms with Gasteiger partial charge in [0.1, 0.15) is 5.69 Å². The Kier molecular flexibility index (Phi) is 5.73. The van der Waals surface area contributed by atoms with Crippen molar-refractivity contribution in [1.29, 1.82) is 0 Å². The number of amides is 1. The largest absolute Gasteiger partial charge is 0.395 e. The molecule has 1 fully saturated rings. The van der Waals surface area contributed by atoms with E-state index in [9.17, 15) is 4.79 Å². The molecular weight excluding hydrogens is 268 g/mol. The molecule has 0 saturated carbocycles. The van der Waals surface area contributed by atoms with Gasteiger partial charge in [-0.15, -0.1) is 0 Å². The van der Waals surface area contributed by atoms with Crippen molar-refractivity contribution in [3.05, 3.63) is 29.6 Å². The van der Waals surface area contributed by atoms with Crippen molar-refractivity contribution >= 4 is 5.91 Å². The second-order valence-electron chi connectivity index (χ2n) is 4.96. The maximum atomic E-state index is 12.6. The van der Waals surface area contributed by atoms with Crippen LogP contribution in [0.1, 0.15) is 35.8 Å². The van der Waals surface area contributed by atoms with Crippen LogP contribution in [0.2, 0.25) is 0 Å². The summed E-state index contributed by atoms with van der Waals surface area (Å²) in [6, 6.07) is 3.54. The van der Waals surface area contributed by atoms with Gasteiger partial charge in [-0.05, 0) is 25.5 Å². The lowest BCUT2D eigenvalue weighted by molar-refractivity contribution is 0.0559. The van der Waals surface area contributed by atoms with E-state index in [1.54, 1.807) is 23.2 Å². The molecule has 21 heavy (non-hydrogen) atoms. The van der Waals surface area contributed by atoms with Crippen molar-refractivity contribution < 1.29 is 14.6 Å². The lowest BCUT2D eigenvalue weighted by Crippen LogP contribution is -2.36. The average molecular weight is 288 g/mol. The number of pyridine rings is 1. The Hall–Kier alpha value is -1.90. The number of carbonyl (C=O) groups is 1. The summed E-state index contributed by atoms with van der Waals surface area (Å²) in [5, 5.41) is 8.78. The Morgan fingerprint density at radius 1 is 1.62 bits per heavy atom. The standard InChI is InChI=1S/C16H20N2O3/c1-13-12-18(9-5-11-21-13)16(20)15-14(6-2-3-10-19)7-4-8-17-15/h4,7-8,13,19H,3,5,9-12H2,1H3. The van der Waals surface area contributed by atoms with Gasteiger partial charge >= 0.3 is 0 Å². The summed E-state index contributed by atoms with van der Waals surface area (Å²) >= 11 is 0. The summed E-state index contributed by atoms with van der Waals surface area (Å²) in [5.74, 6) is 5.64. The first-order chi connectivity index (χ1) is 10.2. The minimum Gasteiger partial charge on any atom is -0.395 e. The smallest absolute Gasteiger partial charge is 0.273 e. The molecule has 1 saturated heterocycles. The molecule has 0 bridgehead atoms. The number of hydrogen-bond acceptors (Lipinski definition) is 4. The van der Waals surface area contributed by atoms with E-state index < -0.39 is 0 Å². The second kappa shape index (κ2) is 7.77. The molecule has 1 unspecified atom stereocenters. The molecule has 1 amide bonds. The van der Waals surface area contributed by atoms with Gasteiger partial charge in [0.25, 0.3) is 5.91 Å². The second-order valence-corrected chi connectivity index (χ2v) is 4.96. The number of hydrogen-bond donors (Lipinski definition) is 1. The third-order valence-corrected chi connectivity index (χ3v) is 3.21. The molecule has 1 N–H and O–H groups in total. The first kappa shape index (κ1) is 15.5. The molecule has 112 valence electrons. The monoisotopic (exact) mass is 288 g/mol. The van der Waals surface area contributed by atoms with E-state index in [-0.39, 0.29) is 18.6 Å². The van der Waals surface area contributed by atoms with Gasteiger partial charge in [-0.1, -0.05) is 11.8 Å². The van der Waals surface area contributed by atoms with Crippen LogP contribution in [0.4, 0.5) is 0 Å². The molecule has 1 atom stereocenters. The number of nitrogens with zero attached hydrogens (tertiary/aromatic N) is 2.